The summed E-state index contributed by atoms with van der Waals surface area (Å²) in [5, 5.41) is 11.3. The SMILES string of the molecule is CC[C@H](NC(=O)OC(C)C)C(OC(C)=O)C(=O)O. The fraction of sp³-hybridized carbons (Fsp3) is 0.727. The van der Waals surface area contributed by atoms with Gasteiger partial charge in [0.25, 0.3) is 0 Å². The molecule has 7 heteroatoms. The first-order valence-electron chi connectivity index (χ1n) is 5.65. The Balaban J connectivity index is 4.64. The smallest absolute Gasteiger partial charge is 0.407 e. The van der Waals surface area contributed by atoms with Gasteiger partial charge < -0.3 is 19.9 Å². The molecule has 2 atom stereocenters. The normalized spacial score (nSPS) is 13.6. The van der Waals surface area contributed by atoms with E-state index < -0.39 is 30.2 Å². The molecule has 0 saturated carbocycles. The lowest BCUT2D eigenvalue weighted by molar-refractivity contribution is -0.164. The predicted molar refractivity (Wildman–Crippen MR) is 62.0 cm³/mol. The summed E-state index contributed by atoms with van der Waals surface area (Å²) in [5.74, 6) is -2.04. The van der Waals surface area contributed by atoms with Gasteiger partial charge in [-0.3, -0.25) is 4.79 Å². The first-order chi connectivity index (χ1) is 8.27. The first-order valence-corrected chi connectivity index (χ1v) is 5.65. The van der Waals surface area contributed by atoms with Crippen molar-refractivity contribution in [3.8, 4) is 0 Å². The summed E-state index contributed by atoms with van der Waals surface area (Å²) >= 11 is 0. The molecule has 0 aromatic rings. The lowest BCUT2D eigenvalue weighted by atomic mass is 10.1. The van der Waals surface area contributed by atoms with Gasteiger partial charge in [-0.1, -0.05) is 6.92 Å². The van der Waals surface area contributed by atoms with Crippen molar-refractivity contribution in [3.63, 3.8) is 0 Å². The van der Waals surface area contributed by atoms with Crippen LogP contribution < -0.4 is 5.32 Å². The molecule has 0 heterocycles. The zero-order valence-electron chi connectivity index (χ0n) is 10.9. The summed E-state index contributed by atoms with van der Waals surface area (Å²) in [6, 6.07) is -0.836. The fourth-order valence-electron chi connectivity index (χ4n) is 1.27. The Labute approximate surface area is 105 Å². The molecule has 0 aliphatic heterocycles. The Morgan fingerprint density at radius 1 is 1.22 bits per heavy atom. The monoisotopic (exact) mass is 261 g/mol. The van der Waals surface area contributed by atoms with Crippen LogP contribution in [0.4, 0.5) is 4.79 Å². The molecule has 7 nitrogen and oxygen atoms in total. The maximum absolute atomic E-state index is 11.4. The van der Waals surface area contributed by atoms with Crippen LogP contribution in [0.2, 0.25) is 0 Å². The zero-order chi connectivity index (χ0) is 14.3. The van der Waals surface area contributed by atoms with Crippen molar-refractivity contribution in [2.75, 3.05) is 0 Å². The van der Waals surface area contributed by atoms with E-state index in [1.54, 1.807) is 20.8 Å². The topological polar surface area (TPSA) is 102 Å². The molecule has 0 radical (unpaired) electrons. The molecule has 0 saturated heterocycles. The summed E-state index contributed by atoms with van der Waals surface area (Å²) in [7, 11) is 0. The third-order valence-corrected chi connectivity index (χ3v) is 1.99. The van der Waals surface area contributed by atoms with Gasteiger partial charge in [-0.25, -0.2) is 9.59 Å². The Bertz CT molecular complexity index is 315. The van der Waals surface area contributed by atoms with Crippen LogP contribution >= 0.6 is 0 Å². The maximum atomic E-state index is 11.4. The van der Waals surface area contributed by atoms with Gasteiger partial charge in [0.2, 0.25) is 6.10 Å². The molecule has 0 aliphatic rings. The number of carbonyl (C=O) groups is 3. The molecule has 0 spiro atoms. The number of rotatable bonds is 6. The highest BCUT2D eigenvalue weighted by atomic mass is 16.6. The molecular weight excluding hydrogens is 242 g/mol. The number of hydrogen-bond acceptors (Lipinski definition) is 5. The van der Waals surface area contributed by atoms with Crippen LogP contribution in [-0.2, 0) is 19.1 Å². The average molecular weight is 261 g/mol. The van der Waals surface area contributed by atoms with Crippen molar-refractivity contribution >= 4 is 18.0 Å². The van der Waals surface area contributed by atoms with Gasteiger partial charge in [-0.05, 0) is 20.3 Å². The average Bonchev–Trinajstić information content (AvgIpc) is 2.21. The Hall–Kier alpha value is -1.79. The van der Waals surface area contributed by atoms with Crippen molar-refractivity contribution in [1.29, 1.82) is 0 Å². The van der Waals surface area contributed by atoms with Crippen molar-refractivity contribution in [1.82, 2.24) is 5.32 Å². The highest BCUT2D eigenvalue weighted by Crippen LogP contribution is 2.06. The Kier molecular flexibility index (Phi) is 6.77. The molecule has 2 N–H and O–H groups in total. The van der Waals surface area contributed by atoms with Crippen LogP contribution in [0.1, 0.15) is 34.1 Å². The molecule has 0 aromatic carbocycles. The lowest BCUT2D eigenvalue weighted by Gasteiger charge is -2.23. The van der Waals surface area contributed by atoms with Gasteiger partial charge in [0.1, 0.15) is 0 Å². The number of ether oxygens (including phenoxy) is 2. The molecule has 18 heavy (non-hydrogen) atoms. The number of aliphatic carboxylic acids is 1. The molecule has 0 rings (SSSR count). The molecule has 0 fully saturated rings. The molecule has 0 aliphatic carbocycles. The number of carbonyl (C=O) groups excluding carboxylic acids is 2. The highest BCUT2D eigenvalue weighted by Gasteiger charge is 2.31. The number of hydrogen-bond donors (Lipinski definition) is 2. The maximum Gasteiger partial charge on any atom is 0.407 e. The molecular formula is C11H19NO6. The molecule has 1 amide bonds. The first kappa shape index (κ1) is 16.2. The summed E-state index contributed by atoms with van der Waals surface area (Å²) < 4.78 is 9.50. The number of nitrogens with one attached hydrogen (secondary N) is 1. The minimum absolute atomic E-state index is 0.289. The second-order valence-electron chi connectivity index (χ2n) is 3.98. The van der Waals surface area contributed by atoms with E-state index in [1.165, 1.54) is 0 Å². The van der Waals surface area contributed by atoms with Gasteiger partial charge in [0.15, 0.2) is 0 Å². The summed E-state index contributed by atoms with van der Waals surface area (Å²) in [6.07, 6.45) is -2.20. The number of alkyl carbamates (subject to hydrolysis) is 1. The Morgan fingerprint density at radius 3 is 2.11 bits per heavy atom. The van der Waals surface area contributed by atoms with Crippen LogP contribution in [0.3, 0.4) is 0 Å². The van der Waals surface area contributed by atoms with Crippen molar-refractivity contribution in [2.45, 2.75) is 52.4 Å². The van der Waals surface area contributed by atoms with Crippen LogP contribution in [0, 0.1) is 0 Å². The molecule has 104 valence electrons. The second-order valence-corrected chi connectivity index (χ2v) is 3.98. The van der Waals surface area contributed by atoms with Gasteiger partial charge in [0, 0.05) is 6.92 Å². The quantitative estimate of drug-likeness (QED) is 0.689. The van der Waals surface area contributed by atoms with E-state index in [1.807, 2.05) is 0 Å². The second kappa shape index (κ2) is 7.52. The third kappa shape index (κ3) is 6.07. The molecule has 0 aromatic heterocycles. The summed E-state index contributed by atoms with van der Waals surface area (Å²) in [5.41, 5.74) is 0. The van der Waals surface area contributed by atoms with Crippen molar-refractivity contribution < 1.29 is 29.0 Å². The summed E-state index contributed by atoms with van der Waals surface area (Å²) in [6.45, 7) is 6.11. The van der Waals surface area contributed by atoms with Crippen molar-refractivity contribution in [2.24, 2.45) is 0 Å². The van der Waals surface area contributed by atoms with Gasteiger partial charge >= 0.3 is 18.0 Å². The van der Waals surface area contributed by atoms with Crippen LogP contribution in [0.25, 0.3) is 0 Å². The minimum Gasteiger partial charge on any atom is -0.478 e. The van der Waals surface area contributed by atoms with E-state index in [0.29, 0.717) is 0 Å². The predicted octanol–water partition coefficient (Wildman–Crippen LogP) is 0.916. The van der Waals surface area contributed by atoms with E-state index in [9.17, 15) is 14.4 Å². The van der Waals surface area contributed by atoms with Crippen LogP contribution in [-0.4, -0.2) is 41.4 Å². The summed E-state index contributed by atoms with van der Waals surface area (Å²) in [4.78, 5) is 33.2. The van der Waals surface area contributed by atoms with Crippen LogP contribution in [0.15, 0.2) is 0 Å². The van der Waals surface area contributed by atoms with Gasteiger partial charge in [-0.15, -0.1) is 0 Å². The van der Waals surface area contributed by atoms with E-state index >= 15 is 0 Å². The highest BCUT2D eigenvalue weighted by molar-refractivity contribution is 5.79. The number of esters is 1. The largest absolute Gasteiger partial charge is 0.478 e. The Morgan fingerprint density at radius 2 is 1.78 bits per heavy atom. The van der Waals surface area contributed by atoms with E-state index in [4.69, 9.17) is 9.84 Å². The van der Waals surface area contributed by atoms with Gasteiger partial charge in [-0.2, -0.15) is 0 Å². The number of carboxylic acids is 1. The van der Waals surface area contributed by atoms with E-state index in [2.05, 4.69) is 10.1 Å². The van der Waals surface area contributed by atoms with E-state index in [-0.39, 0.29) is 12.5 Å². The van der Waals surface area contributed by atoms with Crippen LogP contribution in [0.5, 0.6) is 0 Å². The number of carboxylic acid groups (broad SMARTS) is 1. The molecule has 0 bridgehead atoms. The zero-order valence-corrected chi connectivity index (χ0v) is 10.9. The standard InChI is InChI=1S/C11H19NO6/c1-5-8(12-11(16)17-6(2)3)9(10(14)15)18-7(4)13/h6,8-9H,5H2,1-4H3,(H,12,16)(H,14,15)/t8-,9?/m0/s1. The van der Waals surface area contributed by atoms with Crippen molar-refractivity contribution in [3.05, 3.63) is 0 Å². The third-order valence-electron chi connectivity index (χ3n) is 1.99. The van der Waals surface area contributed by atoms with E-state index in [0.717, 1.165) is 6.92 Å². The van der Waals surface area contributed by atoms with Gasteiger partial charge in [0.05, 0.1) is 12.1 Å². The lowest BCUT2D eigenvalue weighted by Crippen LogP contribution is -2.49. The molecule has 1 unspecified atom stereocenters. The fourth-order valence-corrected chi connectivity index (χ4v) is 1.27. The number of amides is 1. The minimum atomic E-state index is -1.42.